The van der Waals surface area contributed by atoms with Crippen LogP contribution in [0.2, 0.25) is 0 Å². The van der Waals surface area contributed by atoms with Crippen LogP contribution in [0, 0.1) is 0 Å². The highest BCUT2D eigenvalue weighted by atomic mass is 16.5. The molecular weight excluding hydrogens is 256 g/mol. The van der Waals surface area contributed by atoms with Crippen LogP contribution in [0.15, 0.2) is 30.3 Å². The molecule has 0 saturated heterocycles. The van der Waals surface area contributed by atoms with Crippen molar-refractivity contribution in [3.63, 3.8) is 0 Å². The minimum atomic E-state index is 0.167. The topological polar surface area (TPSA) is 111 Å². The van der Waals surface area contributed by atoms with Gasteiger partial charge in [-0.15, -0.1) is 0 Å². The van der Waals surface area contributed by atoms with Crippen molar-refractivity contribution in [3.8, 4) is 5.75 Å². The maximum Gasteiger partial charge on any atom is 0.223 e. The normalized spacial score (nSPS) is 10.1. The molecule has 0 radical (unpaired) electrons. The van der Waals surface area contributed by atoms with E-state index < -0.39 is 0 Å². The van der Waals surface area contributed by atoms with Gasteiger partial charge in [-0.05, 0) is 18.1 Å². The van der Waals surface area contributed by atoms with Crippen molar-refractivity contribution in [2.75, 3.05) is 30.1 Å². The molecule has 0 saturated carbocycles. The summed E-state index contributed by atoms with van der Waals surface area (Å²) in [6.45, 7) is 0.695. The molecule has 7 heteroatoms. The maximum absolute atomic E-state index is 5.59. The van der Waals surface area contributed by atoms with Gasteiger partial charge in [0, 0.05) is 12.6 Å². The van der Waals surface area contributed by atoms with Crippen LogP contribution in [0.1, 0.15) is 5.56 Å². The summed E-state index contributed by atoms with van der Waals surface area (Å²) >= 11 is 0. The molecule has 1 aromatic heterocycles. The molecule has 0 amide bonds. The van der Waals surface area contributed by atoms with E-state index in [1.807, 2.05) is 24.3 Å². The number of anilines is 3. The summed E-state index contributed by atoms with van der Waals surface area (Å²) in [5.74, 6) is 7.44. The molecule has 7 nitrogen and oxygen atoms in total. The van der Waals surface area contributed by atoms with Crippen LogP contribution in [0.4, 0.5) is 17.6 Å². The SMILES string of the molecule is COc1ccccc1CCNc1cc(NN)nc(N)n1. The smallest absolute Gasteiger partial charge is 0.223 e. The van der Waals surface area contributed by atoms with E-state index in [2.05, 4.69) is 20.7 Å². The highest BCUT2D eigenvalue weighted by molar-refractivity contribution is 5.50. The molecule has 0 aliphatic rings. The van der Waals surface area contributed by atoms with Crippen molar-refractivity contribution in [2.45, 2.75) is 6.42 Å². The van der Waals surface area contributed by atoms with Crippen molar-refractivity contribution >= 4 is 17.6 Å². The Morgan fingerprint density at radius 1 is 1.20 bits per heavy atom. The van der Waals surface area contributed by atoms with Gasteiger partial charge in [0.15, 0.2) is 0 Å². The monoisotopic (exact) mass is 274 g/mol. The number of hydrogen-bond acceptors (Lipinski definition) is 7. The lowest BCUT2D eigenvalue weighted by Crippen LogP contribution is -2.13. The van der Waals surface area contributed by atoms with Gasteiger partial charge in [-0.3, -0.25) is 0 Å². The molecule has 1 heterocycles. The Bertz CT molecular complexity index is 575. The van der Waals surface area contributed by atoms with Crippen LogP contribution >= 0.6 is 0 Å². The molecule has 2 rings (SSSR count). The van der Waals surface area contributed by atoms with E-state index in [0.29, 0.717) is 18.2 Å². The van der Waals surface area contributed by atoms with E-state index in [9.17, 15) is 0 Å². The van der Waals surface area contributed by atoms with Gasteiger partial charge in [0.25, 0.3) is 0 Å². The van der Waals surface area contributed by atoms with E-state index in [1.165, 1.54) is 0 Å². The van der Waals surface area contributed by atoms with Crippen LogP contribution in [-0.2, 0) is 6.42 Å². The van der Waals surface area contributed by atoms with Crippen LogP contribution < -0.4 is 27.1 Å². The Labute approximate surface area is 117 Å². The van der Waals surface area contributed by atoms with Gasteiger partial charge in [0.05, 0.1) is 7.11 Å². The number of nitrogens with one attached hydrogen (secondary N) is 2. The number of nitrogens with two attached hydrogens (primary N) is 2. The Balaban J connectivity index is 1.97. The fourth-order valence-electron chi connectivity index (χ4n) is 1.87. The minimum Gasteiger partial charge on any atom is -0.496 e. The van der Waals surface area contributed by atoms with Gasteiger partial charge in [-0.25, -0.2) is 5.84 Å². The number of rotatable bonds is 6. The van der Waals surface area contributed by atoms with Gasteiger partial charge in [0.1, 0.15) is 17.4 Å². The predicted molar refractivity (Wildman–Crippen MR) is 79.4 cm³/mol. The molecule has 0 aliphatic heterocycles. The second kappa shape index (κ2) is 6.58. The summed E-state index contributed by atoms with van der Waals surface area (Å²) in [4.78, 5) is 8.00. The van der Waals surface area contributed by atoms with E-state index in [0.717, 1.165) is 17.7 Å². The van der Waals surface area contributed by atoms with E-state index in [1.54, 1.807) is 13.2 Å². The molecule has 0 fully saturated rings. The molecule has 6 N–H and O–H groups in total. The van der Waals surface area contributed by atoms with E-state index in [-0.39, 0.29) is 5.95 Å². The molecule has 106 valence electrons. The summed E-state index contributed by atoms with van der Waals surface area (Å²) in [5.41, 5.74) is 9.16. The highest BCUT2D eigenvalue weighted by Gasteiger charge is 2.03. The van der Waals surface area contributed by atoms with Crippen molar-refractivity contribution < 1.29 is 4.74 Å². The fourth-order valence-corrected chi connectivity index (χ4v) is 1.87. The van der Waals surface area contributed by atoms with Gasteiger partial charge in [-0.2, -0.15) is 9.97 Å². The summed E-state index contributed by atoms with van der Waals surface area (Å²) in [5, 5.41) is 3.18. The zero-order chi connectivity index (χ0) is 14.4. The first-order valence-corrected chi connectivity index (χ1v) is 6.20. The predicted octanol–water partition coefficient (Wildman–Crippen LogP) is 1.01. The Morgan fingerprint density at radius 3 is 2.70 bits per heavy atom. The summed E-state index contributed by atoms with van der Waals surface area (Å²) in [6.07, 6.45) is 0.805. The first-order valence-electron chi connectivity index (χ1n) is 6.20. The summed E-state index contributed by atoms with van der Waals surface area (Å²) < 4.78 is 5.30. The van der Waals surface area contributed by atoms with Gasteiger partial charge >= 0.3 is 0 Å². The van der Waals surface area contributed by atoms with Gasteiger partial charge in [0.2, 0.25) is 5.95 Å². The second-order valence-electron chi connectivity index (χ2n) is 4.13. The summed E-state index contributed by atoms with van der Waals surface area (Å²) in [6, 6.07) is 9.59. The third kappa shape index (κ3) is 3.48. The quantitative estimate of drug-likeness (QED) is 0.459. The van der Waals surface area contributed by atoms with Crippen molar-refractivity contribution in [1.82, 2.24) is 9.97 Å². The molecule has 20 heavy (non-hydrogen) atoms. The lowest BCUT2D eigenvalue weighted by Gasteiger charge is -2.10. The first-order chi connectivity index (χ1) is 9.72. The van der Waals surface area contributed by atoms with Crippen LogP contribution in [0.5, 0.6) is 5.75 Å². The largest absolute Gasteiger partial charge is 0.496 e. The number of hydrogen-bond donors (Lipinski definition) is 4. The van der Waals surface area contributed by atoms with Crippen LogP contribution in [-0.4, -0.2) is 23.6 Å². The molecule has 0 bridgehead atoms. The van der Waals surface area contributed by atoms with Crippen molar-refractivity contribution in [1.29, 1.82) is 0 Å². The third-order valence-electron chi connectivity index (χ3n) is 2.78. The fraction of sp³-hybridized carbons (Fsp3) is 0.231. The van der Waals surface area contributed by atoms with Crippen LogP contribution in [0.3, 0.4) is 0 Å². The maximum atomic E-state index is 5.59. The van der Waals surface area contributed by atoms with E-state index in [4.69, 9.17) is 16.3 Å². The Hall–Kier alpha value is -2.54. The number of hydrazine groups is 1. The number of para-hydroxylation sites is 1. The molecule has 0 unspecified atom stereocenters. The van der Waals surface area contributed by atoms with E-state index >= 15 is 0 Å². The average Bonchev–Trinajstić information content (AvgIpc) is 2.47. The van der Waals surface area contributed by atoms with Crippen molar-refractivity contribution in [2.24, 2.45) is 5.84 Å². The zero-order valence-electron chi connectivity index (χ0n) is 11.3. The second-order valence-corrected chi connectivity index (χ2v) is 4.13. The molecular formula is C13H18N6O. The van der Waals surface area contributed by atoms with Gasteiger partial charge in [-0.1, -0.05) is 18.2 Å². The lowest BCUT2D eigenvalue weighted by molar-refractivity contribution is 0.410. The standard InChI is InChI=1S/C13H18N6O/c1-20-10-5-3-2-4-9(10)6-7-16-11-8-12(19-15)18-13(14)17-11/h2-5,8H,6-7,15H2,1H3,(H4,14,16,17,18,19). The molecule has 0 aliphatic carbocycles. The highest BCUT2D eigenvalue weighted by Crippen LogP contribution is 2.18. The first kappa shape index (κ1) is 13.9. The minimum absolute atomic E-state index is 0.167. The number of methoxy groups -OCH3 is 1. The zero-order valence-corrected chi connectivity index (χ0v) is 11.3. The number of nitrogen functional groups attached to an aromatic ring is 2. The van der Waals surface area contributed by atoms with Crippen LogP contribution in [0.25, 0.3) is 0 Å². The Morgan fingerprint density at radius 2 is 1.95 bits per heavy atom. The molecule has 2 aromatic rings. The van der Waals surface area contributed by atoms with Gasteiger partial charge < -0.3 is 21.2 Å². The number of aromatic nitrogens is 2. The third-order valence-corrected chi connectivity index (χ3v) is 2.78. The molecule has 0 spiro atoms. The number of ether oxygens (including phenoxy) is 1. The molecule has 0 atom stereocenters. The molecule has 1 aromatic carbocycles. The van der Waals surface area contributed by atoms with Crippen molar-refractivity contribution in [3.05, 3.63) is 35.9 Å². The number of nitrogens with zero attached hydrogens (tertiary/aromatic N) is 2. The number of benzene rings is 1. The Kier molecular flexibility index (Phi) is 4.56. The lowest BCUT2D eigenvalue weighted by atomic mass is 10.1. The summed E-state index contributed by atoms with van der Waals surface area (Å²) in [7, 11) is 1.66. The average molecular weight is 274 g/mol.